The summed E-state index contributed by atoms with van der Waals surface area (Å²) in [6, 6.07) is 16.1. The maximum Gasteiger partial charge on any atom is 0.242 e. The number of anilines is 1. The minimum Gasteiger partial charge on any atom is -0.494 e. The first-order valence-electron chi connectivity index (χ1n) is 10.2. The summed E-state index contributed by atoms with van der Waals surface area (Å²) in [5, 5.41) is 2.45. The minimum atomic E-state index is -4.04. The average Bonchev–Trinajstić information content (AvgIpc) is 2.78. The Kier molecular flexibility index (Phi) is 8.07. The zero-order valence-electron chi connectivity index (χ0n) is 18.1. The summed E-state index contributed by atoms with van der Waals surface area (Å²) in [5.41, 5.74) is 1.67. The zero-order valence-corrected chi connectivity index (χ0v) is 19.7. The molecule has 33 heavy (non-hydrogen) atoms. The summed E-state index contributed by atoms with van der Waals surface area (Å²) in [6.07, 6.45) is 0.108. The van der Waals surface area contributed by atoms with Crippen molar-refractivity contribution < 1.29 is 22.3 Å². The van der Waals surface area contributed by atoms with E-state index in [9.17, 15) is 17.6 Å². The van der Waals surface area contributed by atoms with Crippen LogP contribution in [0.2, 0.25) is 5.02 Å². The second-order valence-electron chi connectivity index (χ2n) is 7.34. The van der Waals surface area contributed by atoms with Crippen molar-refractivity contribution in [1.82, 2.24) is 4.72 Å². The molecule has 3 rings (SSSR count). The Hall–Kier alpha value is -2.94. The molecular weight excluding hydrogens is 467 g/mol. The van der Waals surface area contributed by atoms with Crippen molar-refractivity contribution in [1.29, 1.82) is 0 Å². The van der Waals surface area contributed by atoms with Crippen LogP contribution in [0.5, 0.6) is 5.75 Å². The first-order valence-corrected chi connectivity index (χ1v) is 12.1. The maximum absolute atomic E-state index is 13.5. The molecule has 1 amide bonds. The van der Waals surface area contributed by atoms with Gasteiger partial charge in [0.05, 0.1) is 16.5 Å². The SMILES string of the molecule is CCOc1ccc(S(=O)(=O)N[C@H](Cc2ccccc2)C(=O)Nc2ccc(F)c(Cl)c2)cc1C. The largest absolute Gasteiger partial charge is 0.494 e. The molecule has 0 aromatic heterocycles. The Balaban J connectivity index is 1.87. The van der Waals surface area contributed by atoms with Gasteiger partial charge in [0.2, 0.25) is 15.9 Å². The molecule has 3 aromatic carbocycles. The number of amides is 1. The lowest BCUT2D eigenvalue weighted by Crippen LogP contribution is -2.45. The second-order valence-corrected chi connectivity index (χ2v) is 9.46. The lowest BCUT2D eigenvalue weighted by Gasteiger charge is -2.19. The van der Waals surface area contributed by atoms with Crippen molar-refractivity contribution in [3.8, 4) is 5.75 Å². The predicted molar refractivity (Wildman–Crippen MR) is 127 cm³/mol. The highest BCUT2D eigenvalue weighted by atomic mass is 35.5. The molecule has 174 valence electrons. The standard InChI is InChI=1S/C24H24ClFN2O4S/c1-3-32-23-12-10-19(13-16(23)2)33(30,31)28-22(14-17-7-5-4-6-8-17)24(29)27-18-9-11-21(26)20(25)15-18/h4-13,15,22,28H,3,14H2,1-2H3,(H,27,29)/t22-/m1/s1. The molecule has 0 bridgehead atoms. The van der Waals surface area contributed by atoms with E-state index in [1.165, 1.54) is 24.3 Å². The van der Waals surface area contributed by atoms with E-state index in [2.05, 4.69) is 10.0 Å². The van der Waals surface area contributed by atoms with Crippen LogP contribution in [-0.2, 0) is 21.2 Å². The van der Waals surface area contributed by atoms with E-state index in [4.69, 9.17) is 16.3 Å². The van der Waals surface area contributed by atoms with E-state index < -0.39 is 27.8 Å². The molecule has 1 atom stereocenters. The first kappa shape index (κ1) is 24.7. The van der Waals surface area contributed by atoms with Gasteiger partial charge in [-0.1, -0.05) is 41.9 Å². The predicted octanol–water partition coefficient (Wildman–Crippen LogP) is 4.71. The molecule has 0 aliphatic heterocycles. The van der Waals surface area contributed by atoms with Crippen molar-refractivity contribution in [3.05, 3.63) is 88.7 Å². The van der Waals surface area contributed by atoms with Crippen LogP contribution >= 0.6 is 11.6 Å². The Bertz CT molecular complexity index is 1240. The van der Waals surface area contributed by atoms with Gasteiger partial charge in [-0.2, -0.15) is 4.72 Å². The van der Waals surface area contributed by atoms with Crippen LogP contribution in [0.25, 0.3) is 0 Å². The number of rotatable bonds is 9. The Morgan fingerprint density at radius 3 is 2.45 bits per heavy atom. The fraction of sp³-hybridized carbons (Fsp3) is 0.208. The number of benzene rings is 3. The normalized spacial score (nSPS) is 12.2. The van der Waals surface area contributed by atoms with Crippen LogP contribution in [-0.4, -0.2) is 27.0 Å². The molecule has 0 radical (unpaired) electrons. The third kappa shape index (κ3) is 6.54. The molecule has 3 aromatic rings. The monoisotopic (exact) mass is 490 g/mol. The minimum absolute atomic E-state index is 0.0131. The lowest BCUT2D eigenvalue weighted by molar-refractivity contribution is -0.117. The lowest BCUT2D eigenvalue weighted by atomic mass is 10.1. The summed E-state index contributed by atoms with van der Waals surface area (Å²) < 4.78 is 47.6. The van der Waals surface area contributed by atoms with E-state index in [0.717, 1.165) is 11.6 Å². The number of ether oxygens (including phenoxy) is 1. The van der Waals surface area contributed by atoms with E-state index in [-0.39, 0.29) is 22.0 Å². The molecular formula is C24H24ClFN2O4S. The molecule has 0 aliphatic carbocycles. The van der Waals surface area contributed by atoms with Gasteiger partial charge in [0.1, 0.15) is 17.6 Å². The van der Waals surface area contributed by atoms with E-state index in [0.29, 0.717) is 17.9 Å². The van der Waals surface area contributed by atoms with Crippen LogP contribution in [0.1, 0.15) is 18.1 Å². The summed E-state index contributed by atoms with van der Waals surface area (Å²) in [7, 11) is -4.04. The number of nitrogens with one attached hydrogen (secondary N) is 2. The van der Waals surface area contributed by atoms with Crippen molar-refractivity contribution in [2.45, 2.75) is 31.2 Å². The van der Waals surface area contributed by atoms with Gasteiger partial charge in [-0.3, -0.25) is 4.79 Å². The highest BCUT2D eigenvalue weighted by Crippen LogP contribution is 2.23. The number of carbonyl (C=O) groups is 1. The third-order valence-electron chi connectivity index (χ3n) is 4.84. The van der Waals surface area contributed by atoms with Crippen molar-refractivity contribution >= 4 is 33.2 Å². The summed E-state index contributed by atoms with van der Waals surface area (Å²) in [5.74, 6) is -0.641. The first-order chi connectivity index (χ1) is 15.7. The van der Waals surface area contributed by atoms with Gasteiger partial charge in [0, 0.05) is 5.69 Å². The smallest absolute Gasteiger partial charge is 0.242 e. The van der Waals surface area contributed by atoms with Gasteiger partial charge < -0.3 is 10.1 Å². The summed E-state index contributed by atoms with van der Waals surface area (Å²) >= 11 is 5.80. The molecule has 0 unspecified atom stereocenters. The van der Waals surface area contributed by atoms with Crippen LogP contribution < -0.4 is 14.8 Å². The number of carbonyl (C=O) groups excluding carboxylic acids is 1. The van der Waals surface area contributed by atoms with Crippen LogP contribution in [0, 0.1) is 12.7 Å². The highest BCUT2D eigenvalue weighted by molar-refractivity contribution is 7.89. The van der Waals surface area contributed by atoms with Crippen molar-refractivity contribution in [2.24, 2.45) is 0 Å². The molecule has 2 N–H and O–H groups in total. The number of hydrogen-bond acceptors (Lipinski definition) is 4. The Morgan fingerprint density at radius 1 is 1.09 bits per heavy atom. The van der Waals surface area contributed by atoms with E-state index in [1.54, 1.807) is 37.3 Å². The molecule has 6 nitrogen and oxygen atoms in total. The van der Waals surface area contributed by atoms with Crippen LogP contribution in [0.4, 0.5) is 10.1 Å². The van der Waals surface area contributed by atoms with Crippen LogP contribution in [0.15, 0.2) is 71.6 Å². The number of hydrogen-bond donors (Lipinski definition) is 2. The average molecular weight is 491 g/mol. The quantitative estimate of drug-likeness (QED) is 0.454. The Labute approximate surface area is 197 Å². The van der Waals surface area contributed by atoms with E-state index >= 15 is 0 Å². The number of halogens is 2. The van der Waals surface area contributed by atoms with Gasteiger partial charge in [-0.15, -0.1) is 0 Å². The van der Waals surface area contributed by atoms with Gasteiger partial charge in [-0.05, 0) is 67.8 Å². The van der Waals surface area contributed by atoms with Gasteiger partial charge >= 0.3 is 0 Å². The molecule has 9 heteroatoms. The van der Waals surface area contributed by atoms with Gasteiger partial charge in [0.25, 0.3) is 0 Å². The number of aryl methyl sites for hydroxylation is 1. The Morgan fingerprint density at radius 2 is 1.82 bits per heavy atom. The maximum atomic E-state index is 13.5. The fourth-order valence-electron chi connectivity index (χ4n) is 3.20. The van der Waals surface area contributed by atoms with Gasteiger partial charge in [0.15, 0.2) is 0 Å². The van der Waals surface area contributed by atoms with Crippen molar-refractivity contribution in [3.63, 3.8) is 0 Å². The third-order valence-corrected chi connectivity index (χ3v) is 6.60. The molecule has 0 saturated carbocycles. The van der Waals surface area contributed by atoms with Crippen molar-refractivity contribution in [2.75, 3.05) is 11.9 Å². The fourth-order valence-corrected chi connectivity index (χ4v) is 4.66. The number of sulfonamides is 1. The highest BCUT2D eigenvalue weighted by Gasteiger charge is 2.27. The molecule has 0 heterocycles. The summed E-state index contributed by atoms with van der Waals surface area (Å²) in [6.45, 7) is 4.04. The molecule has 0 fully saturated rings. The zero-order chi connectivity index (χ0) is 24.0. The van der Waals surface area contributed by atoms with Gasteiger partial charge in [-0.25, -0.2) is 12.8 Å². The second kappa shape index (κ2) is 10.8. The molecule has 0 aliphatic rings. The van der Waals surface area contributed by atoms with Crippen LogP contribution in [0.3, 0.4) is 0 Å². The van der Waals surface area contributed by atoms with E-state index in [1.807, 2.05) is 13.0 Å². The summed E-state index contributed by atoms with van der Waals surface area (Å²) in [4.78, 5) is 13.0. The molecule has 0 saturated heterocycles. The molecule has 0 spiro atoms. The topological polar surface area (TPSA) is 84.5 Å².